The van der Waals surface area contributed by atoms with Crippen molar-refractivity contribution in [2.45, 2.75) is 25.3 Å². The van der Waals surface area contributed by atoms with Crippen molar-refractivity contribution < 1.29 is 5.11 Å². The maximum absolute atomic E-state index is 9.94. The Hall–Kier alpha value is -1.64. The highest BCUT2D eigenvalue weighted by Crippen LogP contribution is 2.42. The number of pyridine rings is 1. The van der Waals surface area contributed by atoms with Gasteiger partial charge in [-0.2, -0.15) is 5.26 Å². The fraction of sp³-hybridized carbons (Fsp3) is 0.625. The van der Waals surface area contributed by atoms with Crippen LogP contribution in [0.4, 0.5) is 5.82 Å². The molecule has 3 rings (SSSR count). The Bertz CT molecular complexity index is 555. The highest BCUT2D eigenvalue weighted by molar-refractivity contribution is 5.54. The van der Waals surface area contributed by atoms with Gasteiger partial charge in [0.05, 0.1) is 12.2 Å². The van der Waals surface area contributed by atoms with Crippen molar-refractivity contribution >= 4 is 5.82 Å². The van der Waals surface area contributed by atoms with Gasteiger partial charge in [0.15, 0.2) is 0 Å². The maximum atomic E-state index is 9.94. The Morgan fingerprint density at radius 2 is 2.33 bits per heavy atom. The van der Waals surface area contributed by atoms with Crippen LogP contribution < -0.4 is 4.90 Å². The molecule has 0 saturated carbocycles. The summed E-state index contributed by atoms with van der Waals surface area (Å²) < 4.78 is 0. The lowest BCUT2D eigenvalue weighted by atomic mass is 9.69. The van der Waals surface area contributed by atoms with Crippen molar-refractivity contribution in [1.82, 2.24) is 9.88 Å². The van der Waals surface area contributed by atoms with E-state index < -0.39 is 0 Å². The third-order valence-electron chi connectivity index (χ3n) is 5.22. The molecule has 2 atom stereocenters. The van der Waals surface area contributed by atoms with Crippen LogP contribution in [0.2, 0.25) is 0 Å². The fourth-order valence-electron chi connectivity index (χ4n) is 3.94. The van der Waals surface area contributed by atoms with Crippen LogP contribution in [0.1, 0.15) is 24.8 Å². The van der Waals surface area contributed by atoms with Crippen LogP contribution in [-0.2, 0) is 0 Å². The van der Waals surface area contributed by atoms with Crippen LogP contribution in [0.5, 0.6) is 0 Å². The maximum Gasteiger partial charge on any atom is 0.146 e. The van der Waals surface area contributed by atoms with Gasteiger partial charge >= 0.3 is 0 Å². The summed E-state index contributed by atoms with van der Waals surface area (Å²) in [5, 5.41) is 19.2. The molecule has 2 aliphatic rings. The van der Waals surface area contributed by atoms with Gasteiger partial charge in [0.2, 0.25) is 0 Å². The second-order valence-electron chi connectivity index (χ2n) is 6.30. The Kier molecular flexibility index (Phi) is 3.83. The molecule has 3 heterocycles. The summed E-state index contributed by atoms with van der Waals surface area (Å²) in [6.07, 6.45) is 4.95. The Balaban J connectivity index is 1.88. The second-order valence-corrected chi connectivity index (χ2v) is 6.30. The van der Waals surface area contributed by atoms with Crippen molar-refractivity contribution in [1.29, 1.82) is 5.26 Å². The molecule has 1 aromatic heterocycles. The van der Waals surface area contributed by atoms with Crippen molar-refractivity contribution in [3.8, 4) is 6.07 Å². The van der Waals surface area contributed by atoms with E-state index in [0.717, 1.165) is 44.7 Å². The van der Waals surface area contributed by atoms with Crippen LogP contribution in [0.15, 0.2) is 18.3 Å². The Morgan fingerprint density at radius 1 is 1.48 bits per heavy atom. The van der Waals surface area contributed by atoms with Crippen LogP contribution >= 0.6 is 0 Å². The molecule has 5 nitrogen and oxygen atoms in total. The number of aliphatic hydroxyl groups is 1. The summed E-state index contributed by atoms with van der Waals surface area (Å²) >= 11 is 0. The van der Waals surface area contributed by atoms with Gasteiger partial charge in [-0.1, -0.05) is 0 Å². The van der Waals surface area contributed by atoms with E-state index in [-0.39, 0.29) is 12.0 Å². The van der Waals surface area contributed by atoms with E-state index in [1.807, 2.05) is 6.07 Å². The highest BCUT2D eigenvalue weighted by Gasteiger charge is 2.46. The summed E-state index contributed by atoms with van der Waals surface area (Å²) in [6, 6.07) is 6.19. The van der Waals surface area contributed by atoms with Crippen LogP contribution in [-0.4, -0.2) is 54.3 Å². The molecule has 21 heavy (non-hydrogen) atoms. The molecule has 0 bridgehead atoms. The number of fused-ring (bicyclic) bond motifs is 1. The number of anilines is 1. The zero-order chi connectivity index (χ0) is 14.9. The molecule has 5 heteroatoms. The van der Waals surface area contributed by atoms with Crippen LogP contribution in [0.25, 0.3) is 0 Å². The minimum Gasteiger partial charge on any atom is -0.396 e. The second kappa shape index (κ2) is 5.63. The number of nitriles is 1. The summed E-state index contributed by atoms with van der Waals surface area (Å²) in [5.41, 5.74) is 0.651. The lowest BCUT2D eigenvalue weighted by Crippen LogP contribution is -2.61. The van der Waals surface area contributed by atoms with Gasteiger partial charge in [0.1, 0.15) is 11.9 Å². The monoisotopic (exact) mass is 286 g/mol. The van der Waals surface area contributed by atoms with Gasteiger partial charge in [-0.3, -0.25) is 0 Å². The number of hydrogen-bond donors (Lipinski definition) is 1. The zero-order valence-corrected chi connectivity index (χ0v) is 12.5. The first-order chi connectivity index (χ1) is 10.2. The average Bonchev–Trinajstić information content (AvgIpc) is 2.55. The molecule has 0 spiro atoms. The van der Waals surface area contributed by atoms with Crippen molar-refractivity contribution in [2.24, 2.45) is 5.41 Å². The summed E-state index contributed by atoms with van der Waals surface area (Å²) in [5.74, 6) is 0.783. The number of aromatic nitrogens is 1. The molecule has 2 saturated heterocycles. The first-order valence-electron chi connectivity index (χ1n) is 7.61. The number of rotatable bonds is 2. The normalized spacial score (nSPS) is 29.8. The highest BCUT2D eigenvalue weighted by atomic mass is 16.3. The fourth-order valence-corrected chi connectivity index (χ4v) is 3.94. The predicted molar refractivity (Wildman–Crippen MR) is 81.0 cm³/mol. The number of hydrogen-bond acceptors (Lipinski definition) is 5. The molecular weight excluding hydrogens is 264 g/mol. The third-order valence-corrected chi connectivity index (χ3v) is 5.22. The molecule has 2 fully saturated rings. The molecular formula is C16H22N4O. The summed E-state index contributed by atoms with van der Waals surface area (Å²) in [6.45, 7) is 3.02. The Morgan fingerprint density at radius 3 is 3.10 bits per heavy atom. The molecule has 0 unspecified atom stereocenters. The van der Waals surface area contributed by atoms with E-state index in [4.69, 9.17) is 0 Å². The molecule has 0 aliphatic carbocycles. The van der Waals surface area contributed by atoms with Crippen LogP contribution in [0, 0.1) is 16.7 Å². The minimum absolute atomic E-state index is 0.0189. The van der Waals surface area contributed by atoms with Gasteiger partial charge in [-0.15, -0.1) is 0 Å². The van der Waals surface area contributed by atoms with E-state index in [1.165, 1.54) is 0 Å². The lowest BCUT2D eigenvalue weighted by molar-refractivity contribution is -0.0277. The summed E-state index contributed by atoms with van der Waals surface area (Å²) in [7, 11) is 2.14. The van der Waals surface area contributed by atoms with E-state index in [0.29, 0.717) is 11.6 Å². The standard InChI is InChI=1S/C16H22N4O/c1-19-8-3-5-16(12-21)6-9-20(11-14(16)19)15-13(10-17)4-2-7-18-15/h2,4,7,14,21H,3,5-6,8-9,11-12H2,1H3/t14-,16-/m1/s1. The number of likely N-dealkylation sites (N-methyl/N-ethyl adjacent to an activating group) is 1. The van der Waals surface area contributed by atoms with E-state index >= 15 is 0 Å². The van der Waals surface area contributed by atoms with E-state index in [9.17, 15) is 10.4 Å². The molecule has 1 aromatic rings. The van der Waals surface area contributed by atoms with Crippen LogP contribution in [0.3, 0.4) is 0 Å². The van der Waals surface area contributed by atoms with Gasteiger partial charge in [0, 0.05) is 30.7 Å². The van der Waals surface area contributed by atoms with Gasteiger partial charge in [-0.05, 0) is 45.0 Å². The number of likely N-dealkylation sites (tertiary alicyclic amines) is 1. The minimum atomic E-state index is 0.0189. The predicted octanol–water partition coefficient (Wildman–Crippen LogP) is 1.24. The zero-order valence-electron chi connectivity index (χ0n) is 12.5. The first-order valence-corrected chi connectivity index (χ1v) is 7.61. The molecule has 0 amide bonds. The molecule has 1 N–H and O–H groups in total. The van der Waals surface area contributed by atoms with Crippen molar-refractivity contribution in [3.63, 3.8) is 0 Å². The molecule has 2 aliphatic heterocycles. The number of nitrogens with zero attached hydrogens (tertiary/aromatic N) is 4. The largest absolute Gasteiger partial charge is 0.396 e. The summed E-state index contributed by atoms with van der Waals surface area (Å²) in [4.78, 5) is 8.98. The quantitative estimate of drug-likeness (QED) is 0.886. The lowest BCUT2D eigenvalue weighted by Gasteiger charge is -2.53. The number of aliphatic hydroxyl groups excluding tert-OH is 1. The van der Waals surface area contributed by atoms with Gasteiger partial charge in [-0.25, -0.2) is 4.98 Å². The van der Waals surface area contributed by atoms with Gasteiger partial charge < -0.3 is 14.9 Å². The number of piperidine rings is 2. The molecule has 0 radical (unpaired) electrons. The van der Waals surface area contributed by atoms with E-state index in [2.05, 4.69) is 27.9 Å². The van der Waals surface area contributed by atoms with E-state index in [1.54, 1.807) is 12.3 Å². The first kappa shape index (κ1) is 14.3. The van der Waals surface area contributed by atoms with Crippen molar-refractivity contribution in [2.75, 3.05) is 38.2 Å². The molecule has 0 aromatic carbocycles. The Labute approximate surface area is 125 Å². The topological polar surface area (TPSA) is 63.4 Å². The van der Waals surface area contributed by atoms with Gasteiger partial charge in [0.25, 0.3) is 0 Å². The SMILES string of the molecule is CN1CCC[C@]2(CO)CCN(c3ncccc3C#N)C[C@@H]12. The molecule has 112 valence electrons. The average molecular weight is 286 g/mol. The van der Waals surface area contributed by atoms with Crippen molar-refractivity contribution in [3.05, 3.63) is 23.9 Å². The third kappa shape index (κ3) is 2.39. The smallest absolute Gasteiger partial charge is 0.146 e.